The van der Waals surface area contributed by atoms with E-state index >= 15 is 0 Å². The van der Waals surface area contributed by atoms with Crippen LogP contribution in [-0.2, 0) is 6.42 Å². The molecule has 0 spiro atoms. The average Bonchev–Trinajstić information content (AvgIpc) is 2.47. The lowest BCUT2D eigenvalue weighted by Crippen LogP contribution is -2.59. The fourth-order valence-electron chi connectivity index (χ4n) is 3.30. The van der Waals surface area contributed by atoms with Crippen LogP contribution in [0.2, 0.25) is 0 Å². The van der Waals surface area contributed by atoms with Gasteiger partial charge in [0.25, 0.3) is 0 Å². The van der Waals surface area contributed by atoms with Gasteiger partial charge in [-0.2, -0.15) is 0 Å². The number of halogens is 2. The van der Waals surface area contributed by atoms with Crippen LogP contribution >= 0.6 is 15.9 Å². The fourth-order valence-corrected chi connectivity index (χ4v) is 3.64. The van der Waals surface area contributed by atoms with Crippen LogP contribution in [0.5, 0.6) is 0 Å². The first kappa shape index (κ1) is 16.9. The highest BCUT2D eigenvalue weighted by atomic mass is 79.9. The summed E-state index contributed by atoms with van der Waals surface area (Å²) in [7, 11) is 1.98. The summed E-state index contributed by atoms with van der Waals surface area (Å²) in [5, 5.41) is 3.41. The SMILES string of the molecule is CNC(Cc1ccc(Br)cc1F)C(C)(C)N1CCCCC1. The molecule has 0 bridgehead atoms. The van der Waals surface area contributed by atoms with Crippen molar-refractivity contribution in [2.45, 2.75) is 51.1 Å². The third-order valence-electron chi connectivity index (χ3n) is 4.81. The highest BCUT2D eigenvalue weighted by molar-refractivity contribution is 9.10. The predicted octanol–water partition coefficient (Wildman–Crippen LogP) is 3.98. The summed E-state index contributed by atoms with van der Waals surface area (Å²) in [6.07, 6.45) is 4.58. The first-order valence-corrected chi connectivity index (χ1v) is 8.60. The molecule has 1 aliphatic rings. The molecule has 1 aliphatic heterocycles. The lowest BCUT2D eigenvalue weighted by atomic mass is 9.86. The van der Waals surface area contributed by atoms with Gasteiger partial charge in [-0.1, -0.05) is 28.4 Å². The minimum atomic E-state index is -0.126. The summed E-state index contributed by atoms with van der Waals surface area (Å²) < 4.78 is 14.9. The zero-order chi connectivity index (χ0) is 15.5. The number of hydrogen-bond acceptors (Lipinski definition) is 2. The first-order valence-electron chi connectivity index (χ1n) is 7.81. The first-order chi connectivity index (χ1) is 9.95. The van der Waals surface area contributed by atoms with E-state index in [-0.39, 0.29) is 17.4 Å². The molecule has 1 N–H and O–H groups in total. The molecule has 0 aliphatic carbocycles. The van der Waals surface area contributed by atoms with Gasteiger partial charge in [0, 0.05) is 16.1 Å². The van der Waals surface area contributed by atoms with E-state index in [1.165, 1.54) is 19.3 Å². The van der Waals surface area contributed by atoms with Gasteiger partial charge in [0.2, 0.25) is 0 Å². The number of likely N-dealkylation sites (tertiary alicyclic amines) is 1. The predicted molar refractivity (Wildman–Crippen MR) is 90.2 cm³/mol. The van der Waals surface area contributed by atoms with Crippen molar-refractivity contribution in [3.63, 3.8) is 0 Å². The third kappa shape index (κ3) is 4.05. The molecule has 1 fully saturated rings. The molecule has 1 saturated heterocycles. The molecule has 1 unspecified atom stereocenters. The molecule has 0 amide bonds. The molecule has 21 heavy (non-hydrogen) atoms. The standard InChI is InChI=1S/C17H26BrFN2/c1-17(2,21-9-5-4-6-10-21)16(20-3)11-13-7-8-14(18)12-15(13)19/h7-8,12,16,20H,4-6,9-11H2,1-3H3. The van der Waals surface area contributed by atoms with E-state index in [9.17, 15) is 4.39 Å². The second kappa shape index (κ2) is 7.21. The van der Waals surface area contributed by atoms with Gasteiger partial charge in [-0.15, -0.1) is 0 Å². The smallest absolute Gasteiger partial charge is 0.127 e. The van der Waals surface area contributed by atoms with Gasteiger partial charge in [-0.05, 0) is 70.9 Å². The molecule has 0 aromatic heterocycles. The number of likely N-dealkylation sites (N-methyl/N-ethyl adjacent to an activating group) is 1. The van der Waals surface area contributed by atoms with Crippen LogP contribution in [0.4, 0.5) is 4.39 Å². The number of hydrogen-bond donors (Lipinski definition) is 1. The van der Waals surface area contributed by atoms with Crippen LogP contribution in [-0.4, -0.2) is 36.6 Å². The van der Waals surface area contributed by atoms with Crippen LogP contribution in [0, 0.1) is 5.82 Å². The Morgan fingerprint density at radius 1 is 1.29 bits per heavy atom. The summed E-state index contributed by atoms with van der Waals surface area (Å²) in [5.41, 5.74) is 0.803. The number of benzene rings is 1. The molecule has 0 saturated carbocycles. The van der Waals surface area contributed by atoms with Crippen LogP contribution in [0.3, 0.4) is 0 Å². The van der Waals surface area contributed by atoms with Gasteiger partial charge in [0.05, 0.1) is 0 Å². The summed E-state index contributed by atoms with van der Waals surface area (Å²) in [4.78, 5) is 2.55. The summed E-state index contributed by atoms with van der Waals surface area (Å²) >= 11 is 3.32. The Labute approximate surface area is 136 Å². The zero-order valence-corrected chi connectivity index (χ0v) is 14.8. The van der Waals surface area contributed by atoms with Crippen molar-refractivity contribution in [2.24, 2.45) is 0 Å². The Bertz CT molecular complexity index is 470. The van der Waals surface area contributed by atoms with E-state index in [2.05, 4.69) is 40.0 Å². The maximum atomic E-state index is 14.1. The van der Waals surface area contributed by atoms with Gasteiger partial charge < -0.3 is 5.32 Å². The molecule has 2 rings (SSSR count). The van der Waals surface area contributed by atoms with Crippen LogP contribution in [0.25, 0.3) is 0 Å². The van der Waals surface area contributed by atoms with E-state index in [4.69, 9.17) is 0 Å². The normalized spacial score (nSPS) is 18.7. The quantitative estimate of drug-likeness (QED) is 0.858. The molecule has 1 aromatic rings. The van der Waals surface area contributed by atoms with Crippen LogP contribution in [0.15, 0.2) is 22.7 Å². The minimum absolute atomic E-state index is 0.0225. The van der Waals surface area contributed by atoms with E-state index < -0.39 is 0 Å². The molecule has 4 heteroatoms. The van der Waals surface area contributed by atoms with E-state index in [1.54, 1.807) is 6.07 Å². The Hall–Kier alpha value is -0.450. The monoisotopic (exact) mass is 356 g/mol. The second-order valence-corrected chi connectivity index (χ2v) is 7.40. The van der Waals surface area contributed by atoms with Crippen molar-refractivity contribution in [3.8, 4) is 0 Å². The number of nitrogens with zero attached hydrogens (tertiary/aromatic N) is 1. The van der Waals surface area contributed by atoms with Crippen molar-refractivity contribution >= 4 is 15.9 Å². The highest BCUT2D eigenvalue weighted by Crippen LogP contribution is 2.27. The Kier molecular flexibility index (Phi) is 5.81. The molecule has 1 aromatic carbocycles. The second-order valence-electron chi connectivity index (χ2n) is 6.48. The van der Waals surface area contributed by atoms with Crippen molar-refractivity contribution in [1.82, 2.24) is 10.2 Å². The summed E-state index contributed by atoms with van der Waals surface area (Å²) in [6, 6.07) is 5.58. The molecule has 1 heterocycles. The molecule has 0 radical (unpaired) electrons. The average molecular weight is 357 g/mol. The van der Waals surface area contributed by atoms with Gasteiger partial charge in [0.1, 0.15) is 5.82 Å². The van der Waals surface area contributed by atoms with E-state index in [0.717, 1.165) is 23.1 Å². The van der Waals surface area contributed by atoms with E-state index in [1.807, 2.05) is 19.2 Å². The lowest BCUT2D eigenvalue weighted by Gasteiger charge is -2.46. The fraction of sp³-hybridized carbons (Fsp3) is 0.647. The minimum Gasteiger partial charge on any atom is -0.315 e. The van der Waals surface area contributed by atoms with Crippen molar-refractivity contribution in [2.75, 3.05) is 20.1 Å². The zero-order valence-electron chi connectivity index (χ0n) is 13.3. The lowest BCUT2D eigenvalue weighted by molar-refractivity contribution is 0.0633. The van der Waals surface area contributed by atoms with Gasteiger partial charge in [0.15, 0.2) is 0 Å². The Morgan fingerprint density at radius 2 is 1.95 bits per heavy atom. The highest BCUT2D eigenvalue weighted by Gasteiger charge is 2.35. The largest absolute Gasteiger partial charge is 0.315 e. The molecule has 118 valence electrons. The van der Waals surface area contributed by atoms with Crippen LogP contribution < -0.4 is 5.32 Å². The number of piperidine rings is 1. The van der Waals surface area contributed by atoms with Gasteiger partial charge >= 0.3 is 0 Å². The third-order valence-corrected chi connectivity index (χ3v) is 5.30. The van der Waals surface area contributed by atoms with Crippen molar-refractivity contribution in [3.05, 3.63) is 34.1 Å². The Morgan fingerprint density at radius 3 is 2.52 bits per heavy atom. The Balaban J connectivity index is 2.14. The van der Waals surface area contributed by atoms with Gasteiger partial charge in [-0.3, -0.25) is 4.90 Å². The maximum absolute atomic E-state index is 14.1. The number of nitrogens with one attached hydrogen (secondary N) is 1. The van der Waals surface area contributed by atoms with Crippen LogP contribution in [0.1, 0.15) is 38.7 Å². The summed E-state index contributed by atoms with van der Waals surface area (Å²) in [5.74, 6) is -0.126. The van der Waals surface area contributed by atoms with Gasteiger partial charge in [-0.25, -0.2) is 4.39 Å². The molecule has 1 atom stereocenters. The van der Waals surface area contributed by atoms with E-state index in [0.29, 0.717) is 6.42 Å². The molecular formula is C17H26BrFN2. The van der Waals surface area contributed by atoms with Crippen molar-refractivity contribution < 1.29 is 4.39 Å². The summed E-state index contributed by atoms with van der Waals surface area (Å²) in [6.45, 7) is 6.84. The molecular weight excluding hydrogens is 331 g/mol. The maximum Gasteiger partial charge on any atom is 0.127 e. The molecule has 2 nitrogen and oxygen atoms in total. The topological polar surface area (TPSA) is 15.3 Å². The number of rotatable bonds is 5. The van der Waals surface area contributed by atoms with Crippen molar-refractivity contribution in [1.29, 1.82) is 0 Å².